The molecule has 1 amide bonds. The molecule has 0 bridgehead atoms. The lowest BCUT2D eigenvalue weighted by molar-refractivity contribution is -0.144. The third-order valence-electron chi connectivity index (χ3n) is 3.30. The Labute approximate surface area is 138 Å². The van der Waals surface area contributed by atoms with Gasteiger partial charge < -0.3 is 10.1 Å². The van der Waals surface area contributed by atoms with Crippen molar-refractivity contribution in [3.8, 4) is 5.82 Å². The van der Waals surface area contributed by atoms with E-state index in [1.54, 1.807) is 4.68 Å². The molecule has 0 aliphatic carbocycles. The number of amides is 1. The Morgan fingerprint density at radius 2 is 2.00 bits per heavy atom. The highest BCUT2D eigenvalue weighted by Crippen LogP contribution is 2.07. The average molecular weight is 333 g/mol. The maximum absolute atomic E-state index is 12.0. The number of nitrogens with one attached hydrogen (secondary N) is 1. The minimum atomic E-state index is -0.808. The molecular formula is C15H19N5O4. The molecule has 0 aliphatic rings. The lowest BCUT2D eigenvalue weighted by Gasteiger charge is -2.12. The van der Waals surface area contributed by atoms with Gasteiger partial charge in [0.2, 0.25) is 5.91 Å². The summed E-state index contributed by atoms with van der Waals surface area (Å²) in [5.74, 6) is -0.665. The van der Waals surface area contributed by atoms with Crippen LogP contribution in [0.1, 0.15) is 18.3 Å². The van der Waals surface area contributed by atoms with Gasteiger partial charge in [0, 0.05) is 11.8 Å². The van der Waals surface area contributed by atoms with Gasteiger partial charge in [0.25, 0.3) is 5.56 Å². The molecule has 1 N–H and O–H groups in total. The van der Waals surface area contributed by atoms with Gasteiger partial charge in [0.1, 0.15) is 12.6 Å². The maximum atomic E-state index is 12.0. The standard InChI is InChI=1S/C15H19N5O4/c1-9-7-10(2)20(17-9)12-5-6-14(22)19(18-12)8-13(21)16-11(3)15(23)24-4/h5-7,11H,8H2,1-4H3,(H,16,21)/t11-/m0/s1. The second-order valence-electron chi connectivity index (χ2n) is 5.34. The van der Waals surface area contributed by atoms with Crippen molar-refractivity contribution in [1.29, 1.82) is 0 Å². The SMILES string of the molecule is COC(=O)[C@H](C)NC(=O)Cn1nc(-n2nc(C)cc2C)ccc1=O. The zero-order chi connectivity index (χ0) is 17.9. The number of aryl methyl sites for hydroxylation is 2. The average Bonchev–Trinajstić information content (AvgIpc) is 2.87. The lowest BCUT2D eigenvalue weighted by atomic mass is 10.3. The molecule has 0 aromatic carbocycles. The Balaban J connectivity index is 2.20. The van der Waals surface area contributed by atoms with Crippen molar-refractivity contribution in [3.05, 3.63) is 39.9 Å². The first-order chi connectivity index (χ1) is 11.3. The van der Waals surface area contributed by atoms with Crippen LogP contribution in [0.5, 0.6) is 0 Å². The van der Waals surface area contributed by atoms with Gasteiger partial charge in [-0.15, -0.1) is 5.10 Å². The molecule has 2 rings (SSSR count). The van der Waals surface area contributed by atoms with Gasteiger partial charge >= 0.3 is 5.97 Å². The van der Waals surface area contributed by atoms with E-state index in [1.807, 2.05) is 19.9 Å². The number of aromatic nitrogens is 4. The first kappa shape index (κ1) is 17.4. The summed E-state index contributed by atoms with van der Waals surface area (Å²) in [6.45, 7) is 4.89. The summed E-state index contributed by atoms with van der Waals surface area (Å²) in [5.41, 5.74) is 1.24. The molecule has 0 fully saturated rings. The summed E-state index contributed by atoms with van der Waals surface area (Å²) in [6, 6.07) is 3.92. The molecular weight excluding hydrogens is 314 g/mol. The molecule has 0 radical (unpaired) electrons. The van der Waals surface area contributed by atoms with Crippen LogP contribution < -0.4 is 10.9 Å². The Kier molecular flexibility index (Phi) is 5.12. The van der Waals surface area contributed by atoms with Crippen LogP contribution in [-0.2, 0) is 20.9 Å². The second kappa shape index (κ2) is 7.07. The van der Waals surface area contributed by atoms with Crippen LogP contribution in [0.2, 0.25) is 0 Å². The number of esters is 1. The van der Waals surface area contributed by atoms with Crippen LogP contribution in [0.25, 0.3) is 5.82 Å². The van der Waals surface area contributed by atoms with Crippen molar-refractivity contribution >= 4 is 11.9 Å². The predicted molar refractivity (Wildman–Crippen MR) is 84.7 cm³/mol. The number of carbonyl (C=O) groups is 2. The van der Waals surface area contributed by atoms with Crippen molar-refractivity contribution in [2.75, 3.05) is 7.11 Å². The van der Waals surface area contributed by atoms with Crippen LogP contribution in [0.15, 0.2) is 23.0 Å². The second-order valence-corrected chi connectivity index (χ2v) is 5.34. The summed E-state index contributed by atoms with van der Waals surface area (Å²) in [7, 11) is 1.23. The largest absolute Gasteiger partial charge is 0.467 e. The molecule has 9 heteroatoms. The van der Waals surface area contributed by atoms with Crippen LogP contribution in [0, 0.1) is 13.8 Å². The zero-order valence-electron chi connectivity index (χ0n) is 13.9. The Morgan fingerprint density at radius 1 is 1.29 bits per heavy atom. The lowest BCUT2D eigenvalue weighted by Crippen LogP contribution is -2.42. The highest BCUT2D eigenvalue weighted by atomic mass is 16.5. The monoisotopic (exact) mass is 333 g/mol. The maximum Gasteiger partial charge on any atom is 0.328 e. The molecule has 0 aliphatic heterocycles. The van der Waals surface area contributed by atoms with E-state index >= 15 is 0 Å². The summed E-state index contributed by atoms with van der Waals surface area (Å²) in [4.78, 5) is 35.2. The smallest absolute Gasteiger partial charge is 0.328 e. The number of methoxy groups -OCH3 is 1. The highest BCUT2D eigenvalue weighted by molar-refractivity contribution is 5.83. The Hall–Kier alpha value is -2.97. The minimum absolute atomic E-state index is 0.312. The number of ether oxygens (including phenoxy) is 1. The number of carbonyl (C=O) groups excluding carboxylic acids is 2. The molecule has 0 saturated carbocycles. The summed E-state index contributed by atoms with van der Waals surface area (Å²) >= 11 is 0. The molecule has 128 valence electrons. The van der Waals surface area contributed by atoms with Crippen molar-refractivity contribution in [1.82, 2.24) is 24.9 Å². The van der Waals surface area contributed by atoms with Gasteiger partial charge in [-0.1, -0.05) is 0 Å². The fourth-order valence-corrected chi connectivity index (χ4v) is 2.18. The number of hydrogen-bond acceptors (Lipinski definition) is 6. The Morgan fingerprint density at radius 3 is 2.58 bits per heavy atom. The van der Waals surface area contributed by atoms with Crippen molar-refractivity contribution in [2.24, 2.45) is 0 Å². The van der Waals surface area contributed by atoms with E-state index in [0.29, 0.717) is 5.82 Å². The number of rotatable bonds is 5. The predicted octanol–water partition coefficient (Wildman–Crippen LogP) is -0.276. The first-order valence-corrected chi connectivity index (χ1v) is 7.31. The summed E-state index contributed by atoms with van der Waals surface area (Å²) in [5, 5.41) is 10.9. The van der Waals surface area contributed by atoms with Crippen LogP contribution >= 0.6 is 0 Å². The molecule has 1 atom stereocenters. The zero-order valence-corrected chi connectivity index (χ0v) is 13.9. The van der Waals surface area contributed by atoms with Gasteiger partial charge in [-0.05, 0) is 32.9 Å². The van der Waals surface area contributed by atoms with Gasteiger partial charge in [0.15, 0.2) is 5.82 Å². The van der Waals surface area contributed by atoms with Gasteiger partial charge in [0.05, 0.1) is 12.8 Å². The molecule has 2 aromatic heterocycles. The molecule has 2 aromatic rings. The third-order valence-corrected chi connectivity index (χ3v) is 3.30. The quantitative estimate of drug-likeness (QED) is 0.754. The van der Waals surface area contributed by atoms with E-state index in [-0.39, 0.29) is 6.54 Å². The van der Waals surface area contributed by atoms with Crippen molar-refractivity contribution in [2.45, 2.75) is 33.4 Å². The minimum Gasteiger partial charge on any atom is -0.467 e. The normalized spacial score (nSPS) is 11.8. The van der Waals surface area contributed by atoms with Crippen LogP contribution in [-0.4, -0.2) is 44.6 Å². The summed E-state index contributed by atoms with van der Waals surface area (Å²) < 4.78 is 7.13. The van der Waals surface area contributed by atoms with Gasteiger partial charge in [-0.2, -0.15) is 5.10 Å². The van der Waals surface area contributed by atoms with Crippen LogP contribution in [0.3, 0.4) is 0 Å². The molecule has 0 spiro atoms. The van der Waals surface area contributed by atoms with Crippen molar-refractivity contribution in [3.63, 3.8) is 0 Å². The van der Waals surface area contributed by atoms with E-state index in [1.165, 1.54) is 26.2 Å². The fourth-order valence-electron chi connectivity index (χ4n) is 2.18. The van der Waals surface area contributed by atoms with Gasteiger partial charge in [-0.25, -0.2) is 14.2 Å². The molecule has 2 heterocycles. The van der Waals surface area contributed by atoms with Crippen LogP contribution in [0.4, 0.5) is 0 Å². The van der Waals surface area contributed by atoms with E-state index in [0.717, 1.165) is 16.1 Å². The fraction of sp³-hybridized carbons (Fsp3) is 0.400. The van der Waals surface area contributed by atoms with E-state index < -0.39 is 23.5 Å². The third kappa shape index (κ3) is 3.86. The number of hydrogen-bond donors (Lipinski definition) is 1. The summed E-state index contributed by atoms with van der Waals surface area (Å²) in [6.07, 6.45) is 0. The first-order valence-electron chi connectivity index (χ1n) is 7.31. The molecule has 9 nitrogen and oxygen atoms in total. The molecule has 24 heavy (non-hydrogen) atoms. The Bertz CT molecular complexity index is 824. The van der Waals surface area contributed by atoms with E-state index in [4.69, 9.17) is 0 Å². The highest BCUT2D eigenvalue weighted by Gasteiger charge is 2.17. The number of nitrogens with zero attached hydrogens (tertiary/aromatic N) is 4. The topological polar surface area (TPSA) is 108 Å². The molecule has 0 saturated heterocycles. The van der Waals surface area contributed by atoms with Gasteiger partial charge in [-0.3, -0.25) is 9.59 Å². The van der Waals surface area contributed by atoms with E-state index in [9.17, 15) is 14.4 Å². The van der Waals surface area contributed by atoms with E-state index in [2.05, 4.69) is 20.3 Å². The van der Waals surface area contributed by atoms with Crippen molar-refractivity contribution < 1.29 is 14.3 Å². The molecule has 0 unspecified atom stereocenters.